The number of nitrogens with zero attached hydrogens (tertiary/aromatic N) is 4. The number of amides is 1. The SMILES string of the molecule is Cc1nc(-c2ncnc(Nc3ccc(C(=O)Nc4cc(-c5cccs5)ccc4N)cc3)n2)c(C(C)C)[nH]1. The quantitative estimate of drug-likeness (QED) is 0.197. The Morgan fingerprint density at radius 1 is 1.05 bits per heavy atom. The maximum Gasteiger partial charge on any atom is 0.255 e. The zero-order chi connectivity index (χ0) is 25.9. The number of hydrogen-bond donors (Lipinski definition) is 4. The van der Waals surface area contributed by atoms with Crippen LogP contribution in [0.3, 0.4) is 0 Å². The Morgan fingerprint density at radius 3 is 2.59 bits per heavy atom. The van der Waals surface area contributed by atoms with Crippen LogP contribution in [0.1, 0.15) is 41.6 Å². The summed E-state index contributed by atoms with van der Waals surface area (Å²) in [6.07, 6.45) is 1.45. The summed E-state index contributed by atoms with van der Waals surface area (Å²) >= 11 is 1.63. The van der Waals surface area contributed by atoms with Crippen LogP contribution in [0, 0.1) is 6.92 Å². The topological polar surface area (TPSA) is 134 Å². The van der Waals surface area contributed by atoms with E-state index in [4.69, 9.17) is 5.73 Å². The summed E-state index contributed by atoms with van der Waals surface area (Å²) in [7, 11) is 0. The molecule has 1 amide bonds. The molecule has 0 aliphatic carbocycles. The fourth-order valence-electron chi connectivity index (χ4n) is 3.86. The summed E-state index contributed by atoms with van der Waals surface area (Å²) in [6, 6.07) is 16.7. The highest BCUT2D eigenvalue weighted by Gasteiger charge is 2.17. The minimum Gasteiger partial charge on any atom is -0.397 e. The van der Waals surface area contributed by atoms with Gasteiger partial charge in [0.25, 0.3) is 5.91 Å². The summed E-state index contributed by atoms with van der Waals surface area (Å²) in [4.78, 5) is 34.9. The second-order valence-corrected chi connectivity index (χ2v) is 9.76. The molecule has 5 N–H and O–H groups in total. The molecule has 9 nitrogen and oxygen atoms in total. The van der Waals surface area contributed by atoms with Gasteiger partial charge >= 0.3 is 0 Å². The van der Waals surface area contributed by atoms with Gasteiger partial charge in [0.05, 0.1) is 11.4 Å². The second-order valence-electron chi connectivity index (χ2n) is 8.81. The molecule has 0 fully saturated rings. The first-order valence-electron chi connectivity index (χ1n) is 11.7. The summed E-state index contributed by atoms with van der Waals surface area (Å²) in [5.41, 5.74) is 11.1. The van der Waals surface area contributed by atoms with E-state index in [9.17, 15) is 4.79 Å². The number of aromatic nitrogens is 5. The first kappa shape index (κ1) is 24.1. The van der Waals surface area contributed by atoms with Crippen molar-refractivity contribution in [1.82, 2.24) is 24.9 Å². The number of rotatable bonds is 7. The molecule has 0 saturated carbocycles. The zero-order valence-electron chi connectivity index (χ0n) is 20.6. The van der Waals surface area contributed by atoms with Gasteiger partial charge in [-0.05, 0) is 66.2 Å². The fourth-order valence-corrected chi connectivity index (χ4v) is 4.58. The monoisotopic (exact) mass is 510 g/mol. The number of carbonyl (C=O) groups excluding carboxylic acids is 1. The summed E-state index contributed by atoms with van der Waals surface area (Å²) in [6.45, 7) is 6.08. The maximum atomic E-state index is 12.9. The predicted octanol–water partition coefficient (Wildman–Crippen LogP) is 6.00. The van der Waals surface area contributed by atoms with E-state index in [1.165, 1.54) is 6.33 Å². The van der Waals surface area contributed by atoms with Gasteiger partial charge in [-0.15, -0.1) is 11.3 Å². The van der Waals surface area contributed by atoms with Crippen LogP contribution in [-0.2, 0) is 0 Å². The van der Waals surface area contributed by atoms with Crippen molar-refractivity contribution in [2.24, 2.45) is 0 Å². The number of anilines is 4. The van der Waals surface area contributed by atoms with E-state index in [-0.39, 0.29) is 11.8 Å². The first-order chi connectivity index (χ1) is 17.9. The standard InChI is InChI=1S/C27H26N8OS/c1-15(2)23-24(32-16(3)31-23)25-29-14-30-27(35-25)33-19-9-6-17(7-10-19)26(36)34-21-13-18(8-11-20(21)28)22-5-4-12-37-22/h4-15H,28H2,1-3H3,(H,31,32)(H,34,36)(H,29,30,33,35). The fraction of sp³-hybridized carbons (Fsp3) is 0.148. The smallest absolute Gasteiger partial charge is 0.255 e. The molecular weight excluding hydrogens is 484 g/mol. The van der Waals surface area contributed by atoms with Gasteiger partial charge in [-0.3, -0.25) is 4.79 Å². The lowest BCUT2D eigenvalue weighted by molar-refractivity contribution is 0.102. The Labute approximate surface area is 218 Å². The Morgan fingerprint density at radius 2 is 1.86 bits per heavy atom. The van der Waals surface area contributed by atoms with Crippen LogP contribution in [0.2, 0.25) is 0 Å². The van der Waals surface area contributed by atoms with Crippen LogP contribution in [0.4, 0.5) is 23.0 Å². The molecule has 0 spiro atoms. The van der Waals surface area contributed by atoms with Crippen molar-refractivity contribution in [3.63, 3.8) is 0 Å². The zero-order valence-corrected chi connectivity index (χ0v) is 21.4. The van der Waals surface area contributed by atoms with Gasteiger partial charge < -0.3 is 21.4 Å². The van der Waals surface area contributed by atoms with Gasteiger partial charge in [0.15, 0.2) is 5.82 Å². The molecule has 0 radical (unpaired) electrons. The molecule has 37 heavy (non-hydrogen) atoms. The van der Waals surface area contributed by atoms with Crippen molar-refractivity contribution >= 4 is 40.3 Å². The molecule has 3 heterocycles. The maximum absolute atomic E-state index is 12.9. The summed E-state index contributed by atoms with van der Waals surface area (Å²) < 4.78 is 0. The molecule has 3 aromatic heterocycles. The Kier molecular flexibility index (Phi) is 6.65. The highest BCUT2D eigenvalue weighted by molar-refractivity contribution is 7.13. The van der Waals surface area contributed by atoms with Crippen molar-refractivity contribution in [3.8, 4) is 22.0 Å². The van der Waals surface area contributed by atoms with Crippen LogP contribution >= 0.6 is 11.3 Å². The van der Waals surface area contributed by atoms with Gasteiger partial charge in [0.2, 0.25) is 5.95 Å². The highest BCUT2D eigenvalue weighted by atomic mass is 32.1. The molecule has 0 saturated heterocycles. The van der Waals surface area contributed by atoms with Crippen LogP contribution < -0.4 is 16.4 Å². The van der Waals surface area contributed by atoms with Gasteiger partial charge in [-0.25, -0.2) is 15.0 Å². The highest BCUT2D eigenvalue weighted by Crippen LogP contribution is 2.30. The summed E-state index contributed by atoms with van der Waals surface area (Å²) in [5, 5.41) is 8.10. The number of carbonyl (C=O) groups is 1. The number of imidazole rings is 1. The predicted molar refractivity (Wildman–Crippen MR) is 148 cm³/mol. The average molecular weight is 511 g/mol. The second kappa shape index (κ2) is 10.2. The van der Waals surface area contributed by atoms with E-state index in [2.05, 4.69) is 49.4 Å². The minimum atomic E-state index is -0.251. The molecule has 0 bridgehead atoms. The number of H-pyrrole nitrogens is 1. The molecule has 5 rings (SSSR count). The lowest BCUT2D eigenvalue weighted by Gasteiger charge is -2.11. The number of thiophene rings is 1. The summed E-state index contributed by atoms with van der Waals surface area (Å²) in [5.74, 6) is 1.68. The molecule has 0 atom stereocenters. The first-order valence-corrected chi connectivity index (χ1v) is 12.6. The van der Waals surface area contributed by atoms with Crippen LogP contribution in [0.5, 0.6) is 0 Å². The van der Waals surface area contributed by atoms with Crippen LogP contribution in [0.25, 0.3) is 22.0 Å². The number of nitrogen functional groups attached to an aromatic ring is 1. The molecule has 10 heteroatoms. The molecule has 0 aliphatic rings. The Balaban J connectivity index is 1.30. The van der Waals surface area contributed by atoms with Crippen molar-refractivity contribution in [3.05, 3.63) is 83.4 Å². The lowest BCUT2D eigenvalue weighted by Crippen LogP contribution is -2.13. The van der Waals surface area contributed by atoms with Crippen molar-refractivity contribution < 1.29 is 4.79 Å². The van der Waals surface area contributed by atoms with Crippen LogP contribution in [-0.4, -0.2) is 30.8 Å². The third kappa shape index (κ3) is 5.34. The molecular formula is C27H26N8OS. The van der Waals surface area contributed by atoms with Gasteiger partial charge in [0.1, 0.15) is 17.8 Å². The molecule has 0 aliphatic heterocycles. The van der Waals surface area contributed by atoms with E-state index in [0.717, 1.165) is 27.6 Å². The van der Waals surface area contributed by atoms with Crippen LogP contribution in [0.15, 0.2) is 66.3 Å². The number of nitrogens with two attached hydrogens (primary N) is 1. The largest absolute Gasteiger partial charge is 0.397 e. The molecule has 5 aromatic rings. The number of aryl methyl sites for hydroxylation is 1. The number of hydrogen-bond acceptors (Lipinski definition) is 8. The van der Waals surface area contributed by atoms with Crippen molar-refractivity contribution in [1.29, 1.82) is 0 Å². The third-order valence-electron chi connectivity index (χ3n) is 5.72. The number of benzene rings is 2. The van der Waals surface area contributed by atoms with Crippen molar-refractivity contribution in [2.45, 2.75) is 26.7 Å². The van der Waals surface area contributed by atoms with E-state index in [1.54, 1.807) is 41.7 Å². The van der Waals surface area contributed by atoms with E-state index in [0.29, 0.717) is 34.4 Å². The van der Waals surface area contributed by atoms with Gasteiger partial charge in [0, 0.05) is 21.8 Å². The van der Waals surface area contributed by atoms with Crippen molar-refractivity contribution in [2.75, 3.05) is 16.4 Å². The Bertz CT molecular complexity index is 1540. The minimum absolute atomic E-state index is 0.247. The molecule has 0 unspecified atom stereocenters. The van der Waals surface area contributed by atoms with E-state index < -0.39 is 0 Å². The third-order valence-corrected chi connectivity index (χ3v) is 6.64. The van der Waals surface area contributed by atoms with E-state index in [1.807, 2.05) is 36.6 Å². The van der Waals surface area contributed by atoms with Gasteiger partial charge in [-0.2, -0.15) is 4.98 Å². The Hall–Kier alpha value is -4.57. The molecule has 186 valence electrons. The number of nitrogens with one attached hydrogen (secondary N) is 3. The molecule has 2 aromatic carbocycles. The van der Waals surface area contributed by atoms with Gasteiger partial charge in [-0.1, -0.05) is 26.0 Å². The normalized spacial score (nSPS) is 11.0. The van der Waals surface area contributed by atoms with E-state index >= 15 is 0 Å². The average Bonchev–Trinajstić information content (AvgIpc) is 3.56. The lowest BCUT2D eigenvalue weighted by atomic mass is 10.1. The number of aromatic amines is 1.